The Morgan fingerprint density at radius 3 is 2.69 bits per heavy atom. The van der Waals surface area contributed by atoms with E-state index in [1.165, 1.54) is 26.3 Å². The molecule has 1 heterocycles. The van der Waals surface area contributed by atoms with Gasteiger partial charge in [-0.15, -0.1) is 0 Å². The van der Waals surface area contributed by atoms with E-state index in [1.54, 1.807) is 0 Å². The summed E-state index contributed by atoms with van der Waals surface area (Å²) >= 11 is 0. The van der Waals surface area contributed by atoms with Crippen LogP contribution in [0.15, 0.2) is 16.9 Å². The molecular weight excluding hydrogens is 270 g/mol. The van der Waals surface area contributed by atoms with Crippen LogP contribution in [0.25, 0.3) is 0 Å². The van der Waals surface area contributed by atoms with Crippen LogP contribution in [0, 0.1) is 0 Å². The normalized spacial score (nSPS) is 10.4. The zero-order valence-electron chi connectivity index (χ0n) is 7.08. The van der Waals surface area contributed by atoms with E-state index in [1.807, 2.05) is 0 Å². The number of rotatable bonds is 2. The summed E-state index contributed by atoms with van der Waals surface area (Å²) in [7, 11) is 0. The van der Waals surface area contributed by atoms with Crippen LogP contribution in [0.1, 0.15) is 13.8 Å². The molecule has 0 amide bonds. The maximum absolute atomic E-state index is 11.0. The van der Waals surface area contributed by atoms with Crippen molar-refractivity contribution in [2.75, 3.05) is 0 Å². The van der Waals surface area contributed by atoms with Gasteiger partial charge in [0.15, 0.2) is 5.60 Å². The molecule has 0 atom stereocenters. The third-order valence-corrected chi connectivity index (χ3v) is 1.09. The molecule has 1 aromatic heterocycles. The molecule has 1 N–H and O–H groups in total. The molecule has 5 nitrogen and oxygen atoms in total. The van der Waals surface area contributed by atoms with Gasteiger partial charge in [-0.25, -0.2) is 4.79 Å². The van der Waals surface area contributed by atoms with Gasteiger partial charge in [0.05, 0.1) is 6.20 Å². The molecule has 0 aliphatic heterocycles. The molecule has 13 heavy (non-hydrogen) atoms. The summed E-state index contributed by atoms with van der Waals surface area (Å²) in [6.45, 7) is 2.64. The van der Waals surface area contributed by atoms with Gasteiger partial charge in [0.1, 0.15) is 6.26 Å². The van der Waals surface area contributed by atoms with Crippen LogP contribution in [-0.4, -0.2) is 21.7 Å². The van der Waals surface area contributed by atoms with Gasteiger partial charge in [0.25, 0.3) is 0 Å². The van der Waals surface area contributed by atoms with Gasteiger partial charge < -0.3 is 14.3 Å². The summed E-state index contributed by atoms with van der Waals surface area (Å²) in [5.41, 5.74) is -1.53. The third-order valence-electron chi connectivity index (χ3n) is 1.09. The first-order valence-corrected chi connectivity index (χ1v) is 3.34. The van der Waals surface area contributed by atoms with E-state index in [9.17, 15) is 4.79 Å². The Labute approximate surface area is 90.6 Å². The molecule has 0 aliphatic carbocycles. The maximum atomic E-state index is 11.0. The molecule has 0 fully saturated rings. The molecule has 1 radical (unpaired) electrons. The van der Waals surface area contributed by atoms with E-state index in [2.05, 4.69) is 14.1 Å². The zero-order valence-corrected chi connectivity index (χ0v) is 8.56. The summed E-state index contributed by atoms with van der Waals surface area (Å²) < 4.78 is 9.19. The number of aliphatic hydroxyl groups is 1. The monoisotopic (exact) mass is 278 g/mol. The average Bonchev–Trinajstić information content (AvgIpc) is 2.37. The zero-order chi connectivity index (χ0) is 9.19. The minimum atomic E-state index is -1.53. The Balaban J connectivity index is 0.00000144. The number of oxazole rings is 1. The number of ether oxygens (including phenoxy) is 1. The number of aromatic nitrogens is 1. The van der Waals surface area contributed by atoms with Crippen molar-refractivity contribution in [1.82, 2.24) is 4.98 Å². The standard InChI is InChI=1S/C7H9NO4.Ag/c1-7(2,10)5(9)12-6-8-3-4-11-6;/h3-4,10H,1-2H3;. The van der Waals surface area contributed by atoms with Crippen LogP contribution in [0.2, 0.25) is 0 Å². The van der Waals surface area contributed by atoms with Crippen molar-refractivity contribution in [2.24, 2.45) is 0 Å². The molecule has 0 saturated heterocycles. The summed E-state index contributed by atoms with van der Waals surface area (Å²) in [4.78, 5) is 14.5. The second-order valence-electron chi connectivity index (χ2n) is 2.75. The average molecular weight is 279 g/mol. The van der Waals surface area contributed by atoms with Gasteiger partial charge in [-0.3, -0.25) is 0 Å². The Kier molecular flexibility index (Phi) is 4.35. The topological polar surface area (TPSA) is 72.6 Å². The van der Waals surface area contributed by atoms with Gasteiger partial charge in [-0.2, -0.15) is 4.98 Å². The summed E-state index contributed by atoms with van der Waals surface area (Å²) in [5, 5.41) is 9.14. The molecule has 0 unspecified atom stereocenters. The Morgan fingerprint density at radius 2 is 2.31 bits per heavy atom. The third kappa shape index (κ3) is 3.73. The molecule has 0 aromatic carbocycles. The van der Waals surface area contributed by atoms with Crippen molar-refractivity contribution in [2.45, 2.75) is 19.4 Å². The van der Waals surface area contributed by atoms with Gasteiger partial charge >= 0.3 is 12.0 Å². The molecule has 0 aliphatic rings. The van der Waals surface area contributed by atoms with Crippen LogP contribution >= 0.6 is 0 Å². The molecule has 1 rings (SSSR count). The molecular formula is C7H9AgNO4. The van der Waals surface area contributed by atoms with Crippen molar-refractivity contribution >= 4 is 5.97 Å². The molecule has 0 bridgehead atoms. The predicted molar refractivity (Wildman–Crippen MR) is 38.4 cm³/mol. The van der Waals surface area contributed by atoms with Crippen molar-refractivity contribution in [1.29, 1.82) is 0 Å². The minimum absolute atomic E-state index is 0. The SMILES string of the molecule is CC(C)(O)C(=O)Oc1ncco1.[Ag]. The van der Waals surface area contributed by atoms with E-state index >= 15 is 0 Å². The number of carbonyl (C=O) groups is 1. The van der Waals surface area contributed by atoms with Crippen LogP contribution in [0.3, 0.4) is 0 Å². The number of carbonyl (C=O) groups excluding carboxylic acids is 1. The fourth-order valence-corrected chi connectivity index (χ4v) is 0.465. The smallest absolute Gasteiger partial charge is 0.401 e. The van der Waals surface area contributed by atoms with E-state index in [-0.39, 0.29) is 28.5 Å². The maximum Gasteiger partial charge on any atom is 0.401 e. The molecule has 0 saturated carbocycles. The van der Waals surface area contributed by atoms with Gasteiger partial charge in [-0.1, -0.05) is 0 Å². The van der Waals surface area contributed by atoms with Crippen LogP contribution in [0.4, 0.5) is 0 Å². The number of hydrogen-bond donors (Lipinski definition) is 1. The van der Waals surface area contributed by atoms with Gasteiger partial charge in [-0.05, 0) is 13.8 Å². The Bertz CT molecular complexity index is 265. The largest absolute Gasteiger partial charge is 0.417 e. The molecule has 0 spiro atoms. The van der Waals surface area contributed by atoms with Gasteiger partial charge in [0, 0.05) is 22.4 Å². The summed E-state index contributed by atoms with van der Waals surface area (Å²) in [6, 6.07) is 0. The first kappa shape index (κ1) is 12.4. The molecule has 77 valence electrons. The number of nitrogens with zero attached hydrogens (tertiary/aromatic N) is 1. The van der Waals surface area contributed by atoms with Crippen molar-refractivity contribution in [3.05, 3.63) is 12.5 Å². The second-order valence-corrected chi connectivity index (χ2v) is 2.75. The number of hydrogen-bond acceptors (Lipinski definition) is 5. The van der Waals surface area contributed by atoms with E-state index in [4.69, 9.17) is 5.11 Å². The quantitative estimate of drug-likeness (QED) is 0.624. The van der Waals surface area contributed by atoms with Crippen LogP contribution < -0.4 is 4.74 Å². The summed E-state index contributed by atoms with van der Waals surface area (Å²) in [5.74, 6) is -0.801. The van der Waals surface area contributed by atoms with Crippen molar-refractivity contribution in [3.8, 4) is 6.08 Å². The predicted octanol–water partition coefficient (Wildman–Crippen LogP) is 0.348. The Morgan fingerprint density at radius 1 is 1.69 bits per heavy atom. The van der Waals surface area contributed by atoms with E-state index in [0.29, 0.717) is 0 Å². The van der Waals surface area contributed by atoms with Crippen LogP contribution in [-0.2, 0) is 27.2 Å². The molecule has 6 heteroatoms. The van der Waals surface area contributed by atoms with E-state index < -0.39 is 11.6 Å². The first-order chi connectivity index (χ1) is 5.50. The van der Waals surface area contributed by atoms with Gasteiger partial charge in [0.2, 0.25) is 0 Å². The fraction of sp³-hybridized carbons (Fsp3) is 0.429. The van der Waals surface area contributed by atoms with Crippen molar-refractivity contribution in [3.63, 3.8) is 0 Å². The number of esters is 1. The van der Waals surface area contributed by atoms with Crippen LogP contribution in [0.5, 0.6) is 6.08 Å². The Hall–Kier alpha value is -0.620. The first-order valence-electron chi connectivity index (χ1n) is 3.34. The minimum Gasteiger partial charge on any atom is -0.417 e. The fourth-order valence-electron chi connectivity index (χ4n) is 0.465. The molecule has 1 aromatic rings. The summed E-state index contributed by atoms with van der Waals surface area (Å²) in [6.07, 6.45) is 2.45. The van der Waals surface area contributed by atoms with Crippen molar-refractivity contribution < 1.29 is 41.4 Å². The van der Waals surface area contributed by atoms with E-state index in [0.717, 1.165) is 0 Å². The second kappa shape index (κ2) is 4.57.